The summed E-state index contributed by atoms with van der Waals surface area (Å²) in [6.45, 7) is 5.62. The zero-order valence-electron chi connectivity index (χ0n) is 9.96. The van der Waals surface area contributed by atoms with Crippen LogP contribution in [0, 0.1) is 6.92 Å². The average Bonchev–Trinajstić information content (AvgIpc) is 2.78. The first-order chi connectivity index (χ1) is 8.24. The standard InChI is InChI=1S/C13H15ClN2O/c1-3-15-7-11-13(17-8-16-11)10-6-4-5-9(2)12(10)14/h4-6,8,15H,3,7H2,1-2H3. The van der Waals surface area contributed by atoms with Crippen LogP contribution < -0.4 is 5.32 Å². The van der Waals surface area contributed by atoms with Gasteiger partial charge in [-0.3, -0.25) is 0 Å². The van der Waals surface area contributed by atoms with E-state index in [0.29, 0.717) is 6.54 Å². The van der Waals surface area contributed by atoms with Crippen LogP contribution in [0.25, 0.3) is 11.3 Å². The van der Waals surface area contributed by atoms with Crippen molar-refractivity contribution in [2.75, 3.05) is 6.54 Å². The van der Waals surface area contributed by atoms with Gasteiger partial charge >= 0.3 is 0 Å². The summed E-state index contributed by atoms with van der Waals surface area (Å²) in [5.41, 5.74) is 2.83. The molecule has 0 atom stereocenters. The number of hydrogen-bond acceptors (Lipinski definition) is 3. The third kappa shape index (κ3) is 2.51. The van der Waals surface area contributed by atoms with Crippen molar-refractivity contribution >= 4 is 11.6 Å². The van der Waals surface area contributed by atoms with Crippen LogP contribution >= 0.6 is 11.6 Å². The molecule has 0 bridgehead atoms. The molecule has 90 valence electrons. The minimum atomic E-state index is 0.687. The van der Waals surface area contributed by atoms with Crippen molar-refractivity contribution in [3.63, 3.8) is 0 Å². The van der Waals surface area contributed by atoms with Crippen LogP contribution in [-0.4, -0.2) is 11.5 Å². The Kier molecular flexibility index (Phi) is 3.82. The van der Waals surface area contributed by atoms with Crippen LogP contribution in [0.15, 0.2) is 29.0 Å². The Balaban J connectivity index is 2.39. The molecule has 4 heteroatoms. The molecule has 0 saturated heterocycles. The number of oxazole rings is 1. The monoisotopic (exact) mass is 250 g/mol. The summed E-state index contributed by atoms with van der Waals surface area (Å²) in [6, 6.07) is 5.90. The molecule has 17 heavy (non-hydrogen) atoms. The minimum Gasteiger partial charge on any atom is -0.443 e. The lowest BCUT2D eigenvalue weighted by molar-refractivity contribution is 0.570. The van der Waals surface area contributed by atoms with Crippen LogP contribution in [0.4, 0.5) is 0 Å². The molecule has 0 radical (unpaired) electrons. The fraction of sp³-hybridized carbons (Fsp3) is 0.308. The number of aryl methyl sites for hydroxylation is 1. The van der Waals surface area contributed by atoms with Crippen LogP contribution in [0.1, 0.15) is 18.2 Å². The van der Waals surface area contributed by atoms with Gasteiger partial charge in [-0.1, -0.05) is 30.7 Å². The van der Waals surface area contributed by atoms with Gasteiger partial charge in [0.1, 0.15) is 5.69 Å². The molecule has 0 unspecified atom stereocenters. The molecule has 0 saturated carbocycles. The number of hydrogen-bond donors (Lipinski definition) is 1. The molecule has 3 nitrogen and oxygen atoms in total. The van der Waals surface area contributed by atoms with Gasteiger partial charge in [-0.2, -0.15) is 0 Å². The summed E-state index contributed by atoms with van der Waals surface area (Å²) in [6.07, 6.45) is 1.46. The molecule has 0 spiro atoms. The predicted molar refractivity (Wildman–Crippen MR) is 69.1 cm³/mol. The second kappa shape index (κ2) is 5.34. The van der Waals surface area contributed by atoms with Crippen molar-refractivity contribution in [1.29, 1.82) is 0 Å². The van der Waals surface area contributed by atoms with Gasteiger partial charge in [-0.15, -0.1) is 0 Å². The smallest absolute Gasteiger partial charge is 0.181 e. The third-order valence-electron chi connectivity index (χ3n) is 2.62. The highest BCUT2D eigenvalue weighted by Crippen LogP contribution is 2.32. The van der Waals surface area contributed by atoms with Crippen LogP contribution in [0.5, 0.6) is 0 Å². The first-order valence-electron chi connectivity index (χ1n) is 5.62. The Hall–Kier alpha value is -1.32. The molecule has 0 aliphatic heterocycles. The van der Waals surface area contributed by atoms with Crippen molar-refractivity contribution in [1.82, 2.24) is 10.3 Å². The van der Waals surface area contributed by atoms with E-state index >= 15 is 0 Å². The average molecular weight is 251 g/mol. The second-order valence-corrected chi connectivity index (χ2v) is 4.22. The molecular formula is C13H15ClN2O. The molecule has 0 amide bonds. The zero-order chi connectivity index (χ0) is 12.3. The molecule has 1 aromatic heterocycles. The van der Waals surface area contributed by atoms with Gasteiger partial charge in [-0.05, 0) is 25.1 Å². The van der Waals surface area contributed by atoms with Crippen LogP contribution in [-0.2, 0) is 6.54 Å². The van der Waals surface area contributed by atoms with E-state index in [2.05, 4.69) is 17.2 Å². The van der Waals surface area contributed by atoms with E-state index in [1.165, 1.54) is 6.39 Å². The van der Waals surface area contributed by atoms with Crippen molar-refractivity contribution < 1.29 is 4.42 Å². The molecule has 1 heterocycles. The third-order valence-corrected chi connectivity index (χ3v) is 3.12. The molecule has 2 aromatic rings. The van der Waals surface area contributed by atoms with E-state index in [1.807, 2.05) is 25.1 Å². The Morgan fingerprint density at radius 3 is 3.00 bits per heavy atom. The fourth-order valence-electron chi connectivity index (χ4n) is 1.68. The van der Waals surface area contributed by atoms with Crippen molar-refractivity contribution in [3.05, 3.63) is 40.9 Å². The summed E-state index contributed by atoms with van der Waals surface area (Å²) in [7, 11) is 0. The molecule has 0 fully saturated rings. The van der Waals surface area contributed by atoms with E-state index in [1.54, 1.807) is 0 Å². The Bertz CT molecular complexity index is 508. The van der Waals surface area contributed by atoms with E-state index in [-0.39, 0.29) is 0 Å². The minimum absolute atomic E-state index is 0.687. The summed E-state index contributed by atoms with van der Waals surface area (Å²) in [5.74, 6) is 0.750. The number of nitrogens with one attached hydrogen (secondary N) is 1. The molecule has 0 aliphatic rings. The van der Waals surface area contributed by atoms with Crippen molar-refractivity contribution in [2.45, 2.75) is 20.4 Å². The second-order valence-electron chi connectivity index (χ2n) is 3.84. The van der Waals surface area contributed by atoms with E-state index in [4.69, 9.17) is 16.0 Å². The molecule has 1 aromatic carbocycles. The van der Waals surface area contributed by atoms with E-state index < -0.39 is 0 Å². The summed E-state index contributed by atoms with van der Waals surface area (Å²) in [5, 5.41) is 3.95. The maximum Gasteiger partial charge on any atom is 0.181 e. The molecular weight excluding hydrogens is 236 g/mol. The predicted octanol–water partition coefficient (Wildman–Crippen LogP) is 3.41. The first-order valence-corrected chi connectivity index (χ1v) is 6.00. The topological polar surface area (TPSA) is 38.1 Å². The summed E-state index contributed by atoms with van der Waals surface area (Å²) < 4.78 is 5.45. The number of nitrogens with zero attached hydrogens (tertiary/aromatic N) is 1. The van der Waals surface area contributed by atoms with Gasteiger partial charge in [0.05, 0.1) is 5.02 Å². The lowest BCUT2D eigenvalue weighted by atomic mass is 10.1. The fourth-order valence-corrected chi connectivity index (χ4v) is 1.89. The number of halogens is 1. The molecule has 1 N–H and O–H groups in total. The summed E-state index contributed by atoms with van der Waals surface area (Å²) >= 11 is 6.28. The van der Waals surface area contributed by atoms with Gasteiger partial charge in [0.15, 0.2) is 12.2 Å². The van der Waals surface area contributed by atoms with E-state index in [0.717, 1.165) is 34.1 Å². The lowest BCUT2D eigenvalue weighted by Gasteiger charge is -2.06. The number of benzene rings is 1. The lowest BCUT2D eigenvalue weighted by Crippen LogP contribution is -2.12. The Morgan fingerprint density at radius 2 is 2.24 bits per heavy atom. The van der Waals surface area contributed by atoms with Gasteiger partial charge in [-0.25, -0.2) is 4.98 Å². The number of aromatic nitrogens is 1. The largest absolute Gasteiger partial charge is 0.443 e. The summed E-state index contributed by atoms with van der Waals surface area (Å²) in [4.78, 5) is 4.21. The maximum absolute atomic E-state index is 6.28. The quantitative estimate of drug-likeness (QED) is 0.904. The highest BCUT2D eigenvalue weighted by atomic mass is 35.5. The molecule has 2 rings (SSSR count). The van der Waals surface area contributed by atoms with Gasteiger partial charge in [0, 0.05) is 12.1 Å². The van der Waals surface area contributed by atoms with Gasteiger partial charge in [0.2, 0.25) is 0 Å². The Morgan fingerprint density at radius 1 is 1.41 bits per heavy atom. The van der Waals surface area contributed by atoms with E-state index in [9.17, 15) is 0 Å². The molecule has 0 aliphatic carbocycles. The van der Waals surface area contributed by atoms with Gasteiger partial charge in [0.25, 0.3) is 0 Å². The zero-order valence-corrected chi connectivity index (χ0v) is 10.7. The van der Waals surface area contributed by atoms with Gasteiger partial charge < -0.3 is 9.73 Å². The van der Waals surface area contributed by atoms with Crippen LogP contribution in [0.3, 0.4) is 0 Å². The van der Waals surface area contributed by atoms with Crippen molar-refractivity contribution in [3.8, 4) is 11.3 Å². The Labute approximate surface area is 106 Å². The highest BCUT2D eigenvalue weighted by molar-refractivity contribution is 6.34. The number of rotatable bonds is 4. The normalized spacial score (nSPS) is 10.8. The first kappa shape index (κ1) is 12.1. The van der Waals surface area contributed by atoms with Crippen LogP contribution in [0.2, 0.25) is 5.02 Å². The van der Waals surface area contributed by atoms with Crippen molar-refractivity contribution in [2.24, 2.45) is 0 Å². The SMILES string of the molecule is CCNCc1ncoc1-c1cccc(C)c1Cl. The highest BCUT2D eigenvalue weighted by Gasteiger charge is 2.14. The maximum atomic E-state index is 6.28.